The standard InChI is InChI=1S/C14H17F2NO3/c15-11-1-2-13(16)10(7-11)8-17-5-3-12(4-6-17)20-9-14(18)19/h1-2,7,12H,3-6,8-9H2,(H,18,19). The van der Waals surface area contributed by atoms with E-state index in [0.29, 0.717) is 38.0 Å². The van der Waals surface area contributed by atoms with Crippen molar-refractivity contribution in [3.05, 3.63) is 35.4 Å². The lowest BCUT2D eigenvalue weighted by Gasteiger charge is -2.31. The molecule has 1 fully saturated rings. The Balaban J connectivity index is 1.82. The van der Waals surface area contributed by atoms with Crippen LogP contribution in [-0.4, -0.2) is 41.8 Å². The predicted octanol–water partition coefficient (Wildman–Crippen LogP) is 2.03. The summed E-state index contributed by atoms with van der Waals surface area (Å²) in [7, 11) is 0. The second-order valence-electron chi connectivity index (χ2n) is 4.92. The van der Waals surface area contributed by atoms with Crippen LogP contribution in [0.25, 0.3) is 0 Å². The molecule has 1 saturated heterocycles. The van der Waals surface area contributed by atoms with E-state index < -0.39 is 17.6 Å². The maximum Gasteiger partial charge on any atom is 0.329 e. The molecule has 0 aliphatic carbocycles. The average molecular weight is 285 g/mol. The fourth-order valence-corrected chi connectivity index (χ4v) is 2.33. The Bertz CT molecular complexity index is 473. The molecule has 4 nitrogen and oxygen atoms in total. The highest BCUT2D eigenvalue weighted by Gasteiger charge is 2.21. The first-order valence-electron chi connectivity index (χ1n) is 6.54. The molecular weight excluding hydrogens is 268 g/mol. The lowest BCUT2D eigenvalue weighted by atomic mass is 10.1. The van der Waals surface area contributed by atoms with Gasteiger partial charge in [0.05, 0.1) is 6.10 Å². The summed E-state index contributed by atoms with van der Waals surface area (Å²) in [6.45, 7) is 1.43. The van der Waals surface area contributed by atoms with Crippen LogP contribution in [0.2, 0.25) is 0 Å². The Morgan fingerprint density at radius 3 is 2.70 bits per heavy atom. The lowest BCUT2D eigenvalue weighted by molar-refractivity contribution is -0.145. The molecule has 1 aromatic carbocycles. The average Bonchev–Trinajstić information content (AvgIpc) is 2.42. The van der Waals surface area contributed by atoms with Gasteiger partial charge in [0.15, 0.2) is 0 Å². The monoisotopic (exact) mass is 285 g/mol. The highest BCUT2D eigenvalue weighted by Crippen LogP contribution is 2.18. The van der Waals surface area contributed by atoms with Crippen LogP contribution in [0.5, 0.6) is 0 Å². The number of rotatable bonds is 5. The second kappa shape index (κ2) is 6.76. The van der Waals surface area contributed by atoms with Gasteiger partial charge in [-0.25, -0.2) is 13.6 Å². The number of hydrogen-bond donors (Lipinski definition) is 1. The maximum atomic E-state index is 13.5. The van der Waals surface area contributed by atoms with Crippen molar-refractivity contribution < 1.29 is 23.4 Å². The summed E-state index contributed by atoms with van der Waals surface area (Å²) in [6.07, 6.45) is 1.33. The minimum Gasteiger partial charge on any atom is -0.480 e. The van der Waals surface area contributed by atoms with E-state index in [9.17, 15) is 13.6 Å². The van der Waals surface area contributed by atoms with Crippen molar-refractivity contribution in [2.24, 2.45) is 0 Å². The van der Waals surface area contributed by atoms with Crippen molar-refractivity contribution in [3.63, 3.8) is 0 Å². The van der Waals surface area contributed by atoms with Gasteiger partial charge in [0, 0.05) is 25.2 Å². The van der Waals surface area contributed by atoms with Crippen LogP contribution in [0.15, 0.2) is 18.2 Å². The molecule has 0 amide bonds. The summed E-state index contributed by atoms with van der Waals surface area (Å²) in [5.41, 5.74) is 0.343. The molecular formula is C14H17F2NO3. The summed E-state index contributed by atoms with van der Waals surface area (Å²) in [6, 6.07) is 3.44. The van der Waals surface area contributed by atoms with Crippen molar-refractivity contribution in [1.82, 2.24) is 4.90 Å². The number of ether oxygens (including phenoxy) is 1. The predicted molar refractivity (Wildman–Crippen MR) is 68.2 cm³/mol. The molecule has 20 heavy (non-hydrogen) atoms. The Morgan fingerprint density at radius 2 is 2.05 bits per heavy atom. The van der Waals surface area contributed by atoms with E-state index in [2.05, 4.69) is 0 Å². The molecule has 2 rings (SSSR count). The van der Waals surface area contributed by atoms with Gasteiger partial charge in [0.1, 0.15) is 18.2 Å². The first-order chi connectivity index (χ1) is 9.54. The molecule has 0 spiro atoms. The quantitative estimate of drug-likeness (QED) is 0.899. The topological polar surface area (TPSA) is 49.8 Å². The Labute approximate surface area is 116 Å². The molecule has 110 valence electrons. The third kappa shape index (κ3) is 4.25. The van der Waals surface area contributed by atoms with Crippen LogP contribution >= 0.6 is 0 Å². The van der Waals surface area contributed by atoms with Crippen LogP contribution in [-0.2, 0) is 16.1 Å². The maximum absolute atomic E-state index is 13.5. The Hall–Kier alpha value is -1.53. The van der Waals surface area contributed by atoms with E-state index >= 15 is 0 Å². The zero-order valence-corrected chi connectivity index (χ0v) is 11.0. The highest BCUT2D eigenvalue weighted by molar-refractivity contribution is 5.68. The van der Waals surface area contributed by atoms with Gasteiger partial charge < -0.3 is 9.84 Å². The van der Waals surface area contributed by atoms with Crippen molar-refractivity contribution in [3.8, 4) is 0 Å². The molecule has 0 radical (unpaired) electrons. The van der Waals surface area contributed by atoms with E-state index in [1.807, 2.05) is 4.90 Å². The fourth-order valence-electron chi connectivity index (χ4n) is 2.33. The number of aliphatic carboxylic acids is 1. The van der Waals surface area contributed by atoms with Gasteiger partial charge in [-0.15, -0.1) is 0 Å². The summed E-state index contributed by atoms with van der Waals surface area (Å²) < 4.78 is 31.8. The fraction of sp³-hybridized carbons (Fsp3) is 0.500. The van der Waals surface area contributed by atoms with Gasteiger partial charge in [-0.2, -0.15) is 0 Å². The number of carboxylic acids is 1. The van der Waals surface area contributed by atoms with E-state index in [0.717, 1.165) is 12.1 Å². The van der Waals surface area contributed by atoms with Crippen LogP contribution < -0.4 is 0 Å². The molecule has 1 heterocycles. The summed E-state index contributed by atoms with van der Waals surface area (Å²) >= 11 is 0. The number of carbonyl (C=O) groups is 1. The van der Waals surface area contributed by atoms with Gasteiger partial charge in [0.2, 0.25) is 0 Å². The van der Waals surface area contributed by atoms with Crippen LogP contribution in [0.1, 0.15) is 18.4 Å². The van der Waals surface area contributed by atoms with Gasteiger partial charge in [-0.05, 0) is 31.0 Å². The number of likely N-dealkylation sites (tertiary alicyclic amines) is 1. The second-order valence-corrected chi connectivity index (χ2v) is 4.92. The number of nitrogens with zero attached hydrogens (tertiary/aromatic N) is 1. The molecule has 0 atom stereocenters. The van der Waals surface area contributed by atoms with Gasteiger partial charge >= 0.3 is 5.97 Å². The third-order valence-electron chi connectivity index (χ3n) is 3.38. The van der Waals surface area contributed by atoms with Crippen molar-refractivity contribution >= 4 is 5.97 Å². The van der Waals surface area contributed by atoms with Gasteiger partial charge in [0.25, 0.3) is 0 Å². The van der Waals surface area contributed by atoms with E-state index in [-0.39, 0.29) is 12.7 Å². The van der Waals surface area contributed by atoms with Crippen LogP contribution in [0.3, 0.4) is 0 Å². The largest absolute Gasteiger partial charge is 0.480 e. The molecule has 0 aromatic heterocycles. The first-order valence-corrected chi connectivity index (χ1v) is 6.54. The number of halogens is 2. The normalized spacial score (nSPS) is 17.3. The summed E-state index contributed by atoms with van der Waals surface area (Å²) in [5, 5.41) is 8.53. The summed E-state index contributed by atoms with van der Waals surface area (Å²) in [4.78, 5) is 12.4. The molecule has 0 unspecified atom stereocenters. The molecule has 1 aliphatic heterocycles. The number of hydrogen-bond acceptors (Lipinski definition) is 3. The first kappa shape index (κ1) is 14.9. The van der Waals surface area contributed by atoms with Crippen molar-refractivity contribution in [1.29, 1.82) is 0 Å². The smallest absolute Gasteiger partial charge is 0.329 e. The molecule has 1 aromatic rings. The minimum atomic E-state index is -0.978. The van der Waals surface area contributed by atoms with Gasteiger partial charge in [-0.3, -0.25) is 4.90 Å². The van der Waals surface area contributed by atoms with Gasteiger partial charge in [-0.1, -0.05) is 0 Å². The minimum absolute atomic E-state index is 0.0697. The van der Waals surface area contributed by atoms with Crippen molar-refractivity contribution in [2.45, 2.75) is 25.5 Å². The lowest BCUT2D eigenvalue weighted by Crippen LogP contribution is -2.37. The number of piperidine rings is 1. The molecule has 0 saturated carbocycles. The van der Waals surface area contributed by atoms with E-state index in [1.54, 1.807) is 0 Å². The highest BCUT2D eigenvalue weighted by atomic mass is 19.1. The molecule has 1 N–H and O–H groups in total. The van der Waals surface area contributed by atoms with Crippen LogP contribution in [0.4, 0.5) is 8.78 Å². The molecule has 6 heteroatoms. The van der Waals surface area contributed by atoms with E-state index in [1.165, 1.54) is 6.07 Å². The Kier molecular flexibility index (Phi) is 5.03. The van der Waals surface area contributed by atoms with Crippen molar-refractivity contribution in [2.75, 3.05) is 19.7 Å². The zero-order chi connectivity index (χ0) is 14.5. The van der Waals surface area contributed by atoms with Crippen LogP contribution in [0, 0.1) is 11.6 Å². The number of benzene rings is 1. The third-order valence-corrected chi connectivity index (χ3v) is 3.38. The SMILES string of the molecule is O=C(O)COC1CCN(Cc2cc(F)ccc2F)CC1. The zero-order valence-electron chi connectivity index (χ0n) is 11.0. The molecule has 1 aliphatic rings. The Morgan fingerprint density at radius 1 is 1.35 bits per heavy atom. The number of carboxylic acid groups (broad SMARTS) is 1. The summed E-state index contributed by atoms with van der Waals surface area (Å²) in [5.74, 6) is -1.83. The molecule has 0 bridgehead atoms. The van der Waals surface area contributed by atoms with E-state index in [4.69, 9.17) is 9.84 Å².